The lowest BCUT2D eigenvalue weighted by Gasteiger charge is -2.26. The van der Waals surface area contributed by atoms with Crippen LogP contribution in [0.4, 0.5) is 4.39 Å². The standard InChI is InChI=1S/C28H26FNO3S.ClH/c29-21-8-4-20(5-9-21)28-26(24-13-10-22(31)18-25(24)34-28)27(32)19-6-11-23(12-7-19)33-17-16-30-14-2-1-3-15-30;/h4-13,18,31H,1-3,14-17H2;1H. The fraction of sp³-hybridized carbons (Fsp3) is 0.250. The Labute approximate surface area is 214 Å². The summed E-state index contributed by atoms with van der Waals surface area (Å²) in [5.41, 5.74) is 1.88. The van der Waals surface area contributed by atoms with Crippen LogP contribution in [0.5, 0.6) is 11.5 Å². The minimum absolute atomic E-state index is 0. The third-order valence-electron chi connectivity index (χ3n) is 6.25. The first-order chi connectivity index (χ1) is 16.6. The molecule has 1 N–H and O–H groups in total. The molecule has 0 unspecified atom stereocenters. The van der Waals surface area contributed by atoms with Gasteiger partial charge in [0.2, 0.25) is 0 Å². The van der Waals surface area contributed by atoms with Gasteiger partial charge in [0, 0.05) is 32.6 Å². The van der Waals surface area contributed by atoms with Crippen molar-refractivity contribution in [3.05, 3.63) is 83.7 Å². The van der Waals surface area contributed by atoms with E-state index in [1.807, 2.05) is 12.1 Å². The van der Waals surface area contributed by atoms with Gasteiger partial charge in [-0.1, -0.05) is 18.6 Å². The number of piperidine rings is 1. The van der Waals surface area contributed by atoms with E-state index in [0.29, 0.717) is 17.7 Å². The van der Waals surface area contributed by atoms with Gasteiger partial charge in [-0.15, -0.1) is 23.7 Å². The lowest BCUT2D eigenvalue weighted by molar-refractivity contribution is 0.104. The van der Waals surface area contributed by atoms with E-state index in [0.717, 1.165) is 45.9 Å². The Morgan fingerprint density at radius 2 is 1.69 bits per heavy atom. The minimum Gasteiger partial charge on any atom is -0.508 e. The average Bonchev–Trinajstić information content (AvgIpc) is 3.23. The maximum Gasteiger partial charge on any atom is 0.195 e. The molecule has 0 spiro atoms. The molecule has 2 heterocycles. The quantitative estimate of drug-likeness (QED) is 0.273. The number of likely N-dealkylation sites (tertiary alicyclic amines) is 1. The summed E-state index contributed by atoms with van der Waals surface area (Å²) in [7, 11) is 0. The van der Waals surface area contributed by atoms with Crippen LogP contribution in [0.15, 0.2) is 66.7 Å². The monoisotopic (exact) mass is 511 g/mol. The zero-order chi connectivity index (χ0) is 23.5. The topological polar surface area (TPSA) is 49.8 Å². The second kappa shape index (κ2) is 11.2. The van der Waals surface area contributed by atoms with Crippen LogP contribution in [-0.2, 0) is 0 Å². The molecule has 35 heavy (non-hydrogen) atoms. The first-order valence-electron chi connectivity index (χ1n) is 11.6. The number of halogens is 2. The van der Waals surface area contributed by atoms with Gasteiger partial charge in [0.05, 0.1) is 0 Å². The van der Waals surface area contributed by atoms with Crippen LogP contribution >= 0.6 is 23.7 Å². The number of thiophene rings is 1. The molecule has 1 saturated heterocycles. The summed E-state index contributed by atoms with van der Waals surface area (Å²) in [6.07, 6.45) is 3.83. The van der Waals surface area contributed by atoms with Crippen molar-refractivity contribution in [3.63, 3.8) is 0 Å². The van der Waals surface area contributed by atoms with E-state index in [-0.39, 0.29) is 29.8 Å². The predicted molar refractivity (Wildman–Crippen MR) is 142 cm³/mol. The summed E-state index contributed by atoms with van der Waals surface area (Å²) >= 11 is 1.42. The fourth-order valence-electron chi connectivity index (χ4n) is 4.44. The molecule has 7 heteroatoms. The Bertz CT molecular complexity index is 1300. The fourth-order valence-corrected chi connectivity index (χ4v) is 5.68. The summed E-state index contributed by atoms with van der Waals surface area (Å²) < 4.78 is 20.2. The van der Waals surface area contributed by atoms with Crippen molar-refractivity contribution in [3.8, 4) is 21.9 Å². The maximum atomic E-state index is 13.6. The molecular formula is C28H27ClFNO3S. The number of fused-ring (bicyclic) bond motifs is 1. The van der Waals surface area contributed by atoms with E-state index < -0.39 is 0 Å². The third-order valence-corrected chi connectivity index (χ3v) is 7.45. The highest BCUT2D eigenvalue weighted by atomic mass is 35.5. The molecular weight excluding hydrogens is 485 g/mol. The van der Waals surface area contributed by atoms with Crippen molar-refractivity contribution in [2.24, 2.45) is 0 Å². The largest absolute Gasteiger partial charge is 0.508 e. The number of hydrogen-bond acceptors (Lipinski definition) is 5. The summed E-state index contributed by atoms with van der Waals surface area (Å²) in [4.78, 5) is 16.8. The third kappa shape index (κ3) is 5.67. The molecule has 4 nitrogen and oxygen atoms in total. The molecule has 1 aliphatic heterocycles. The number of nitrogens with zero attached hydrogens (tertiary/aromatic N) is 1. The molecule has 0 radical (unpaired) electrons. The van der Waals surface area contributed by atoms with Crippen LogP contribution in [0.25, 0.3) is 20.5 Å². The van der Waals surface area contributed by atoms with Gasteiger partial charge in [0.1, 0.15) is 23.9 Å². The number of aromatic hydroxyl groups is 1. The lowest BCUT2D eigenvalue weighted by Crippen LogP contribution is -2.33. The van der Waals surface area contributed by atoms with Crippen molar-refractivity contribution in [2.45, 2.75) is 19.3 Å². The number of phenols is 1. The Morgan fingerprint density at radius 3 is 2.40 bits per heavy atom. The van der Waals surface area contributed by atoms with E-state index in [1.165, 1.54) is 42.7 Å². The highest BCUT2D eigenvalue weighted by Crippen LogP contribution is 2.41. The highest BCUT2D eigenvalue weighted by molar-refractivity contribution is 7.22. The van der Waals surface area contributed by atoms with E-state index in [1.54, 1.807) is 42.5 Å². The van der Waals surface area contributed by atoms with Crippen LogP contribution in [0.3, 0.4) is 0 Å². The maximum absolute atomic E-state index is 13.6. The van der Waals surface area contributed by atoms with Gasteiger partial charge in [-0.2, -0.15) is 0 Å². The molecule has 0 bridgehead atoms. The molecule has 1 aliphatic rings. The molecule has 5 rings (SSSR count). The normalized spacial score (nSPS) is 14.0. The van der Waals surface area contributed by atoms with Crippen LogP contribution in [-0.4, -0.2) is 42.0 Å². The Balaban J connectivity index is 0.00000289. The molecule has 0 saturated carbocycles. The lowest BCUT2D eigenvalue weighted by atomic mass is 9.97. The van der Waals surface area contributed by atoms with Crippen molar-refractivity contribution in [2.75, 3.05) is 26.2 Å². The van der Waals surface area contributed by atoms with Gasteiger partial charge < -0.3 is 9.84 Å². The number of ether oxygens (including phenoxy) is 1. The van der Waals surface area contributed by atoms with Crippen molar-refractivity contribution in [1.29, 1.82) is 0 Å². The van der Waals surface area contributed by atoms with Gasteiger partial charge in [-0.3, -0.25) is 9.69 Å². The molecule has 1 aromatic heterocycles. The zero-order valence-electron chi connectivity index (χ0n) is 19.2. The predicted octanol–water partition coefficient (Wildman–Crippen LogP) is 6.93. The number of phenolic OH excluding ortho intramolecular Hbond substituents is 1. The van der Waals surface area contributed by atoms with E-state index >= 15 is 0 Å². The molecule has 0 aliphatic carbocycles. The van der Waals surface area contributed by atoms with Crippen LogP contribution < -0.4 is 4.74 Å². The van der Waals surface area contributed by atoms with Crippen LogP contribution in [0.1, 0.15) is 35.2 Å². The Morgan fingerprint density at radius 1 is 0.971 bits per heavy atom. The Kier molecular flexibility index (Phi) is 8.06. The SMILES string of the molecule is Cl.O=C(c1ccc(OCCN2CCCCC2)cc1)c1c(-c2ccc(F)cc2)sc2cc(O)ccc12. The zero-order valence-corrected chi connectivity index (χ0v) is 20.8. The number of carbonyl (C=O) groups excluding carboxylic acids is 1. The van der Waals surface area contributed by atoms with Gasteiger partial charge >= 0.3 is 0 Å². The second-order valence-corrected chi connectivity index (χ2v) is 9.65. The van der Waals surface area contributed by atoms with Crippen molar-refractivity contribution in [1.82, 2.24) is 4.90 Å². The number of rotatable bonds is 7. The average molecular weight is 512 g/mol. The summed E-state index contributed by atoms with van der Waals surface area (Å²) in [5, 5.41) is 10.7. The molecule has 0 atom stereocenters. The molecule has 1 fully saturated rings. The van der Waals surface area contributed by atoms with Gasteiger partial charge in [0.25, 0.3) is 0 Å². The minimum atomic E-state index is -0.328. The summed E-state index contributed by atoms with van der Waals surface area (Å²) in [6, 6.07) is 18.4. The molecule has 3 aromatic carbocycles. The van der Waals surface area contributed by atoms with Crippen molar-refractivity contribution >= 4 is 39.6 Å². The Hall–Kier alpha value is -2.93. The van der Waals surface area contributed by atoms with Gasteiger partial charge in [0.15, 0.2) is 5.78 Å². The summed E-state index contributed by atoms with van der Waals surface area (Å²) in [6.45, 7) is 3.81. The van der Waals surface area contributed by atoms with Crippen LogP contribution in [0, 0.1) is 5.82 Å². The first kappa shape index (κ1) is 25.2. The number of benzene rings is 3. The van der Waals surface area contributed by atoms with Gasteiger partial charge in [-0.25, -0.2) is 4.39 Å². The van der Waals surface area contributed by atoms with E-state index in [4.69, 9.17) is 4.74 Å². The van der Waals surface area contributed by atoms with E-state index in [9.17, 15) is 14.3 Å². The smallest absolute Gasteiger partial charge is 0.195 e. The molecule has 0 amide bonds. The number of carbonyl (C=O) groups is 1. The molecule has 4 aromatic rings. The highest BCUT2D eigenvalue weighted by Gasteiger charge is 2.22. The van der Waals surface area contributed by atoms with E-state index in [2.05, 4.69) is 4.90 Å². The second-order valence-electron chi connectivity index (χ2n) is 8.60. The van der Waals surface area contributed by atoms with Crippen molar-refractivity contribution < 1.29 is 19.0 Å². The number of ketones is 1. The number of hydrogen-bond donors (Lipinski definition) is 1. The molecule has 182 valence electrons. The summed E-state index contributed by atoms with van der Waals surface area (Å²) in [5.74, 6) is 0.444. The van der Waals surface area contributed by atoms with Crippen LogP contribution in [0.2, 0.25) is 0 Å². The first-order valence-corrected chi connectivity index (χ1v) is 12.4. The van der Waals surface area contributed by atoms with Gasteiger partial charge in [-0.05, 0) is 86.1 Å².